The summed E-state index contributed by atoms with van der Waals surface area (Å²) in [4.78, 5) is 12.2. The molecule has 1 aromatic carbocycles. The van der Waals surface area contributed by atoms with Gasteiger partial charge in [-0.1, -0.05) is 0 Å². The Morgan fingerprint density at radius 1 is 1.17 bits per heavy atom. The van der Waals surface area contributed by atoms with E-state index in [0.29, 0.717) is 38.2 Å². The van der Waals surface area contributed by atoms with Crippen molar-refractivity contribution >= 4 is 16.1 Å². The molecule has 10 heteroatoms. The number of hydrogen-bond acceptors (Lipinski definition) is 6. The van der Waals surface area contributed by atoms with Crippen LogP contribution < -0.4 is 20.1 Å². The Kier molecular flexibility index (Phi) is 8.12. The molecule has 0 spiro atoms. The van der Waals surface area contributed by atoms with Crippen LogP contribution in [0.5, 0.6) is 11.5 Å². The molecule has 1 saturated heterocycles. The highest BCUT2D eigenvalue weighted by atomic mass is 32.2. The minimum Gasteiger partial charge on any atom is -0.497 e. The Morgan fingerprint density at radius 3 is 2.41 bits per heavy atom. The van der Waals surface area contributed by atoms with E-state index in [1.807, 2.05) is 6.92 Å². The molecule has 0 unspecified atom stereocenters. The zero-order chi connectivity index (χ0) is 21.5. The summed E-state index contributed by atoms with van der Waals surface area (Å²) in [6.45, 7) is 3.39. The smallest absolute Gasteiger partial charge is 0.315 e. The first-order valence-electron chi connectivity index (χ1n) is 9.59. The summed E-state index contributed by atoms with van der Waals surface area (Å²) in [6.07, 6.45) is 1.58. The molecule has 1 heterocycles. The van der Waals surface area contributed by atoms with Crippen LogP contribution in [0.15, 0.2) is 23.1 Å². The number of amides is 2. The van der Waals surface area contributed by atoms with E-state index in [1.54, 1.807) is 19.2 Å². The van der Waals surface area contributed by atoms with E-state index in [2.05, 4.69) is 10.6 Å². The molecule has 2 N–H and O–H groups in total. The molecular formula is C19H31N3O6S. The highest BCUT2D eigenvalue weighted by Gasteiger charge is 2.40. The molecular weight excluding hydrogens is 398 g/mol. The minimum atomic E-state index is -3.78. The van der Waals surface area contributed by atoms with Gasteiger partial charge in [-0.05, 0) is 38.3 Å². The van der Waals surface area contributed by atoms with E-state index in [9.17, 15) is 13.2 Å². The van der Waals surface area contributed by atoms with Gasteiger partial charge in [0.15, 0.2) is 0 Å². The zero-order valence-electron chi connectivity index (χ0n) is 17.5. The standard InChI is InChI=1S/C19H31N3O6S/c1-5-20-18(23)21-19(10-13-26-2)8-11-22(12-9-19)29(24,25)17-14-15(27-3)6-7-16(17)28-4/h6-7,14H,5,8-13H2,1-4H3,(H2,20,21,23). The largest absolute Gasteiger partial charge is 0.497 e. The first-order chi connectivity index (χ1) is 13.8. The molecule has 2 amide bonds. The normalized spacial score (nSPS) is 16.8. The van der Waals surface area contributed by atoms with Crippen LogP contribution in [0.25, 0.3) is 0 Å². The maximum Gasteiger partial charge on any atom is 0.315 e. The monoisotopic (exact) mass is 429 g/mol. The maximum atomic E-state index is 13.3. The second-order valence-electron chi connectivity index (χ2n) is 6.93. The van der Waals surface area contributed by atoms with Crippen molar-refractivity contribution in [2.75, 3.05) is 47.6 Å². The van der Waals surface area contributed by atoms with Crippen LogP contribution in [0.3, 0.4) is 0 Å². The van der Waals surface area contributed by atoms with Crippen molar-refractivity contribution in [2.45, 2.75) is 36.6 Å². The minimum absolute atomic E-state index is 0.0698. The van der Waals surface area contributed by atoms with Crippen LogP contribution in [-0.4, -0.2) is 71.9 Å². The molecule has 0 saturated carbocycles. The third-order valence-electron chi connectivity index (χ3n) is 5.17. The van der Waals surface area contributed by atoms with Gasteiger partial charge in [-0.3, -0.25) is 0 Å². The third-order valence-corrected chi connectivity index (χ3v) is 7.09. The van der Waals surface area contributed by atoms with E-state index < -0.39 is 15.6 Å². The van der Waals surface area contributed by atoms with Crippen LogP contribution in [0.2, 0.25) is 0 Å². The molecule has 0 aliphatic carbocycles. The Balaban J connectivity index is 2.21. The van der Waals surface area contributed by atoms with Gasteiger partial charge in [0.05, 0.1) is 14.2 Å². The van der Waals surface area contributed by atoms with Crippen LogP contribution in [-0.2, 0) is 14.8 Å². The topological polar surface area (TPSA) is 106 Å². The van der Waals surface area contributed by atoms with Crippen molar-refractivity contribution in [1.29, 1.82) is 0 Å². The number of sulfonamides is 1. The van der Waals surface area contributed by atoms with Gasteiger partial charge in [0.1, 0.15) is 16.4 Å². The number of nitrogens with zero attached hydrogens (tertiary/aromatic N) is 1. The summed E-state index contributed by atoms with van der Waals surface area (Å²) in [6, 6.07) is 4.44. The number of piperidine rings is 1. The summed E-state index contributed by atoms with van der Waals surface area (Å²) in [5.41, 5.74) is -0.514. The van der Waals surface area contributed by atoms with Gasteiger partial charge in [-0.25, -0.2) is 13.2 Å². The summed E-state index contributed by atoms with van der Waals surface area (Å²) in [5.74, 6) is 0.705. The zero-order valence-corrected chi connectivity index (χ0v) is 18.3. The summed E-state index contributed by atoms with van der Waals surface area (Å²) in [5, 5.41) is 5.76. The average Bonchev–Trinajstić information content (AvgIpc) is 2.72. The quantitative estimate of drug-likeness (QED) is 0.617. The number of ether oxygens (including phenoxy) is 3. The summed E-state index contributed by atoms with van der Waals surface area (Å²) >= 11 is 0. The van der Waals surface area contributed by atoms with E-state index in [-0.39, 0.29) is 29.8 Å². The number of rotatable bonds is 9. The van der Waals surface area contributed by atoms with Crippen molar-refractivity contribution in [1.82, 2.24) is 14.9 Å². The molecule has 1 aliphatic rings. The molecule has 2 rings (SSSR count). The molecule has 0 bridgehead atoms. The molecule has 0 aromatic heterocycles. The van der Waals surface area contributed by atoms with Crippen molar-refractivity contribution < 1.29 is 27.4 Å². The lowest BCUT2D eigenvalue weighted by Gasteiger charge is -2.41. The second kappa shape index (κ2) is 10.1. The predicted molar refractivity (Wildman–Crippen MR) is 109 cm³/mol. The fourth-order valence-electron chi connectivity index (χ4n) is 3.46. The average molecular weight is 430 g/mol. The molecule has 1 aromatic rings. The Morgan fingerprint density at radius 2 is 1.86 bits per heavy atom. The van der Waals surface area contributed by atoms with Crippen LogP contribution in [0, 0.1) is 0 Å². The molecule has 29 heavy (non-hydrogen) atoms. The van der Waals surface area contributed by atoms with Crippen molar-refractivity contribution in [3.63, 3.8) is 0 Å². The summed E-state index contributed by atoms with van der Waals surface area (Å²) < 4.78 is 43.5. The fraction of sp³-hybridized carbons (Fsp3) is 0.632. The number of hydrogen-bond donors (Lipinski definition) is 2. The number of methoxy groups -OCH3 is 3. The van der Waals surface area contributed by atoms with Gasteiger partial charge in [0.2, 0.25) is 10.0 Å². The van der Waals surface area contributed by atoms with E-state index in [0.717, 1.165) is 0 Å². The SMILES string of the molecule is CCNC(=O)NC1(CCOC)CCN(S(=O)(=O)c2cc(OC)ccc2OC)CC1. The Bertz CT molecular complexity index is 791. The van der Waals surface area contributed by atoms with Crippen LogP contribution >= 0.6 is 0 Å². The third kappa shape index (κ3) is 5.52. The predicted octanol–water partition coefficient (Wildman–Crippen LogP) is 1.58. The summed E-state index contributed by atoms with van der Waals surface area (Å²) in [7, 11) is 0.744. The van der Waals surface area contributed by atoms with E-state index in [4.69, 9.17) is 14.2 Å². The Hall–Kier alpha value is -2.04. The molecule has 164 valence electrons. The van der Waals surface area contributed by atoms with Crippen molar-refractivity contribution in [3.05, 3.63) is 18.2 Å². The molecule has 0 radical (unpaired) electrons. The lowest BCUT2D eigenvalue weighted by atomic mass is 9.85. The van der Waals surface area contributed by atoms with E-state index >= 15 is 0 Å². The van der Waals surface area contributed by atoms with Crippen LogP contribution in [0.1, 0.15) is 26.2 Å². The molecule has 1 fully saturated rings. The van der Waals surface area contributed by atoms with Gasteiger partial charge in [-0.2, -0.15) is 4.31 Å². The van der Waals surface area contributed by atoms with E-state index in [1.165, 1.54) is 24.6 Å². The maximum absolute atomic E-state index is 13.3. The molecule has 9 nitrogen and oxygen atoms in total. The van der Waals surface area contributed by atoms with Gasteiger partial charge in [0, 0.05) is 45.0 Å². The van der Waals surface area contributed by atoms with Gasteiger partial charge in [0.25, 0.3) is 0 Å². The van der Waals surface area contributed by atoms with Gasteiger partial charge < -0.3 is 24.8 Å². The van der Waals surface area contributed by atoms with Crippen LogP contribution in [0.4, 0.5) is 4.79 Å². The first-order valence-corrected chi connectivity index (χ1v) is 11.0. The number of carbonyl (C=O) groups excluding carboxylic acids is 1. The Labute approximate surface area is 172 Å². The van der Waals surface area contributed by atoms with Crippen molar-refractivity contribution in [2.24, 2.45) is 0 Å². The second-order valence-corrected chi connectivity index (χ2v) is 8.83. The molecule has 0 atom stereocenters. The first kappa shape index (κ1) is 23.2. The molecule has 1 aliphatic heterocycles. The van der Waals surface area contributed by atoms with Gasteiger partial charge in [-0.15, -0.1) is 0 Å². The number of nitrogens with one attached hydrogen (secondary N) is 2. The highest BCUT2D eigenvalue weighted by Crippen LogP contribution is 2.34. The lowest BCUT2D eigenvalue weighted by molar-refractivity contribution is 0.122. The number of benzene rings is 1. The number of carbonyl (C=O) groups is 1. The van der Waals surface area contributed by atoms with Crippen molar-refractivity contribution in [3.8, 4) is 11.5 Å². The fourth-order valence-corrected chi connectivity index (χ4v) is 5.07. The van der Waals surface area contributed by atoms with Gasteiger partial charge >= 0.3 is 6.03 Å². The lowest BCUT2D eigenvalue weighted by Crippen LogP contribution is -2.58. The highest BCUT2D eigenvalue weighted by molar-refractivity contribution is 7.89. The number of urea groups is 1.